The summed E-state index contributed by atoms with van der Waals surface area (Å²) in [7, 11) is 0. The van der Waals surface area contributed by atoms with Crippen molar-refractivity contribution in [3.63, 3.8) is 0 Å². The van der Waals surface area contributed by atoms with E-state index >= 15 is 0 Å². The van der Waals surface area contributed by atoms with Crippen molar-refractivity contribution in [3.05, 3.63) is 0 Å². The van der Waals surface area contributed by atoms with Gasteiger partial charge >= 0.3 is 5.97 Å². The van der Waals surface area contributed by atoms with Crippen LogP contribution in [0.3, 0.4) is 0 Å². The molecule has 1 rings (SSSR count). The van der Waals surface area contributed by atoms with Gasteiger partial charge in [-0.2, -0.15) is 0 Å². The first kappa shape index (κ1) is 19.9. The highest BCUT2D eigenvalue weighted by Gasteiger charge is 2.42. The van der Waals surface area contributed by atoms with Gasteiger partial charge in [-0.05, 0) is 5.92 Å². The van der Waals surface area contributed by atoms with E-state index in [9.17, 15) is 24.9 Å². The molecule has 0 amide bonds. The summed E-state index contributed by atoms with van der Waals surface area (Å²) in [5.74, 6) is -0.914. The van der Waals surface area contributed by atoms with Gasteiger partial charge in [0, 0.05) is 6.42 Å². The standard InChI is InChI=1S/C14H26N2O7/c1-6(2)10(15)7(17)3-4-9(18)22-5-8-12(19)13(20)11(16)14(21)23-8/h6,8,10-14,19-21H,3-5,15-16H2,1-2H3. The van der Waals surface area contributed by atoms with E-state index in [2.05, 4.69) is 0 Å². The van der Waals surface area contributed by atoms with Crippen LogP contribution in [0, 0.1) is 5.92 Å². The zero-order chi connectivity index (χ0) is 17.7. The Balaban J connectivity index is 2.37. The topological polar surface area (TPSA) is 165 Å². The highest BCUT2D eigenvalue weighted by Crippen LogP contribution is 2.19. The number of rotatable bonds is 7. The van der Waals surface area contributed by atoms with Gasteiger partial charge < -0.3 is 36.3 Å². The summed E-state index contributed by atoms with van der Waals surface area (Å²) in [6.45, 7) is 3.25. The predicted octanol–water partition coefficient (Wildman–Crippen LogP) is -2.37. The van der Waals surface area contributed by atoms with Crippen LogP contribution in [0.2, 0.25) is 0 Å². The molecule has 1 aliphatic heterocycles. The Hall–Kier alpha value is -1.10. The SMILES string of the molecule is CC(C)C(N)C(=O)CCC(=O)OCC1OC(O)C(N)C(O)C1O. The van der Waals surface area contributed by atoms with Gasteiger partial charge in [-0.15, -0.1) is 0 Å². The molecular formula is C14H26N2O7. The zero-order valence-corrected chi connectivity index (χ0v) is 13.3. The Morgan fingerprint density at radius 2 is 1.78 bits per heavy atom. The quantitative estimate of drug-likeness (QED) is 0.320. The minimum Gasteiger partial charge on any atom is -0.463 e. The first-order valence-corrected chi connectivity index (χ1v) is 7.54. The monoisotopic (exact) mass is 334 g/mol. The van der Waals surface area contributed by atoms with E-state index in [1.807, 2.05) is 13.8 Å². The van der Waals surface area contributed by atoms with Crippen molar-refractivity contribution in [2.45, 2.75) is 63.4 Å². The molecule has 7 N–H and O–H groups in total. The van der Waals surface area contributed by atoms with Crippen LogP contribution in [0.4, 0.5) is 0 Å². The van der Waals surface area contributed by atoms with E-state index in [1.54, 1.807) is 0 Å². The lowest BCUT2D eigenvalue weighted by Crippen LogP contribution is -2.62. The number of ether oxygens (including phenoxy) is 2. The van der Waals surface area contributed by atoms with Gasteiger partial charge in [0.1, 0.15) is 30.7 Å². The van der Waals surface area contributed by atoms with Gasteiger partial charge in [-0.1, -0.05) is 13.8 Å². The summed E-state index contributed by atoms with van der Waals surface area (Å²) < 4.78 is 9.88. The Morgan fingerprint density at radius 3 is 2.35 bits per heavy atom. The molecule has 6 atom stereocenters. The highest BCUT2D eigenvalue weighted by molar-refractivity contribution is 5.87. The van der Waals surface area contributed by atoms with Gasteiger partial charge in [0.2, 0.25) is 0 Å². The third-order valence-corrected chi connectivity index (χ3v) is 3.84. The van der Waals surface area contributed by atoms with Gasteiger partial charge in [-0.25, -0.2) is 0 Å². The molecule has 9 nitrogen and oxygen atoms in total. The number of carbonyl (C=O) groups is 2. The van der Waals surface area contributed by atoms with Crippen LogP contribution in [0.1, 0.15) is 26.7 Å². The average molecular weight is 334 g/mol. The van der Waals surface area contributed by atoms with Crippen molar-refractivity contribution in [1.29, 1.82) is 0 Å². The first-order valence-electron chi connectivity index (χ1n) is 7.54. The maximum absolute atomic E-state index is 11.7. The third kappa shape index (κ3) is 5.48. The number of Topliss-reactive ketones (excluding diaryl/α,β-unsaturated/α-hetero) is 1. The maximum atomic E-state index is 11.7. The highest BCUT2D eigenvalue weighted by atomic mass is 16.6. The Morgan fingerprint density at radius 1 is 1.17 bits per heavy atom. The maximum Gasteiger partial charge on any atom is 0.306 e. The van der Waals surface area contributed by atoms with Crippen molar-refractivity contribution in [2.75, 3.05) is 6.61 Å². The summed E-state index contributed by atoms with van der Waals surface area (Å²) in [6.07, 6.45) is -5.54. The fourth-order valence-electron chi connectivity index (χ4n) is 2.12. The molecule has 1 fully saturated rings. The van der Waals surface area contributed by atoms with Crippen molar-refractivity contribution < 1.29 is 34.4 Å². The molecule has 0 spiro atoms. The second kappa shape index (κ2) is 8.67. The Bertz CT molecular complexity index is 418. The van der Waals surface area contributed by atoms with E-state index < -0.39 is 42.7 Å². The van der Waals surface area contributed by atoms with Gasteiger partial charge in [0.05, 0.1) is 18.5 Å². The molecular weight excluding hydrogens is 308 g/mol. The van der Waals surface area contributed by atoms with E-state index in [1.165, 1.54) is 0 Å². The molecule has 0 radical (unpaired) electrons. The van der Waals surface area contributed by atoms with Gasteiger partial charge in [0.25, 0.3) is 0 Å². The van der Waals surface area contributed by atoms with Crippen LogP contribution in [0.5, 0.6) is 0 Å². The summed E-state index contributed by atoms with van der Waals surface area (Å²) in [5.41, 5.74) is 11.1. The summed E-state index contributed by atoms with van der Waals surface area (Å²) in [4.78, 5) is 23.3. The van der Waals surface area contributed by atoms with Crippen molar-refractivity contribution in [3.8, 4) is 0 Å². The largest absolute Gasteiger partial charge is 0.463 e. The number of carbonyl (C=O) groups excluding carboxylic acids is 2. The molecule has 23 heavy (non-hydrogen) atoms. The lowest BCUT2D eigenvalue weighted by Gasteiger charge is -2.38. The van der Waals surface area contributed by atoms with E-state index in [0.717, 1.165) is 0 Å². The number of ketones is 1. The molecule has 134 valence electrons. The second-order valence-corrected chi connectivity index (χ2v) is 6.04. The van der Waals surface area contributed by atoms with Gasteiger partial charge in [0.15, 0.2) is 6.29 Å². The van der Waals surface area contributed by atoms with Crippen molar-refractivity contribution in [1.82, 2.24) is 0 Å². The minimum absolute atomic E-state index is 0.0171. The number of aliphatic hydroxyl groups excluding tert-OH is 3. The Kier molecular flexibility index (Phi) is 7.52. The Labute approximate surface area is 134 Å². The number of esters is 1. The number of hydrogen-bond donors (Lipinski definition) is 5. The van der Waals surface area contributed by atoms with Crippen LogP contribution in [-0.2, 0) is 19.1 Å². The molecule has 6 unspecified atom stereocenters. The molecule has 1 heterocycles. The number of hydrogen-bond acceptors (Lipinski definition) is 9. The summed E-state index contributed by atoms with van der Waals surface area (Å²) in [6, 6.07) is -1.77. The van der Waals surface area contributed by atoms with Crippen molar-refractivity contribution in [2.24, 2.45) is 17.4 Å². The zero-order valence-electron chi connectivity index (χ0n) is 13.3. The molecule has 0 bridgehead atoms. The predicted molar refractivity (Wildman–Crippen MR) is 78.9 cm³/mol. The van der Waals surface area contributed by atoms with E-state index in [0.29, 0.717) is 0 Å². The van der Waals surface area contributed by atoms with Crippen LogP contribution in [0.15, 0.2) is 0 Å². The van der Waals surface area contributed by atoms with E-state index in [4.69, 9.17) is 20.9 Å². The number of nitrogens with two attached hydrogens (primary N) is 2. The third-order valence-electron chi connectivity index (χ3n) is 3.84. The average Bonchev–Trinajstić information content (AvgIpc) is 2.51. The van der Waals surface area contributed by atoms with Crippen LogP contribution in [-0.4, -0.2) is 70.4 Å². The molecule has 0 aromatic rings. The van der Waals surface area contributed by atoms with E-state index in [-0.39, 0.29) is 31.1 Å². The molecule has 1 aliphatic rings. The summed E-state index contributed by atoms with van der Waals surface area (Å²) >= 11 is 0. The summed E-state index contributed by atoms with van der Waals surface area (Å²) in [5, 5.41) is 28.9. The van der Waals surface area contributed by atoms with Gasteiger partial charge in [-0.3, -0.25) is 9.59 Å². The lowest BCUT2D eigenvalue weighted by molar-refractivity contribution is -0.251. The van der Waals surface area contributed by atoms with Crippen LogP contribution < -0.4 is 11.5 Å². The molecule has 0 aromatic heterocycles. The minimum atomic E-state index is -1.47. The molecule has 1 saturated heterocycles. The number of aliphatic hydroxyl groups is 3. The lowest BCUT2D eigenvalue weighted by atomic mass is 9.98. The first-order chi connectivity index (χ1) is 10.6. The fourth-order valence-corrected chi connectivity index (χ4v) is 2.12. The molecule has 0 aliphatic carbocycles. The fraction of sp³-hybridized carbons (Fsp3) is 0.857. The normalized spacial score (nSPS) is 32.6. The van der Waals surface area contributed by atoms with Crippen LogP contribution >= 0.6 is 0 Å². The molecule has 0 aromatic carbocycles. The smallest absolute Gasteiger partial charge is 0.306 e. The molecule has 9 heteroatoms. The second-order valence-electron chi connectivity index (χ2n) is 6.04. The van der Waals surface area contributed by atoms with Crippen molar-refractivity contribution >= 4 is 11.8 Å². The molecule has 0 saturated carbocycles. The van der Waals surface area contributed by atoms with Crippen LogP contribution in [0.25, 0.3) is 0 Å².